The van der Waals surface area contributed by atoms with Gasteiger partial charge in [0.2, 0.25) is 0 Å². The summed E-state index contributed by atoms with van der Waals surface area (Å²) in [6, 6.07) is 6.87. The fourth-order valence-electron chi connectivity index (χ4n) is 1.16. The first-order valence-electron chi connectivity index (χ1n) is 4.64. The highest BCUT2D eigenvalue weighted by Crippen LogP contribution is 2.15. The summed E-state index contributed by atoms with van der Waals surface area (Å²) in [5.41, 5.74) is 1.04. The zero-order valence-electron chi connectivity index (χ0n) is 8.53. The number of furan rings is 1. The highest BCUT2D eigenvalue weighted by Gasteiger charge is 2.10. The summed E-state index contributed by atoms with van der Waals surface area (Å²) in [7, 11) is 0. The van der Waals surface area contributed by atoms with Gasteiger partial charge in [-0.15, -0.1) is 0 Å². The molecule has 0 aromatic carbocycles. The van der Waals surface area contributed by atoms with Gasteiger partial charge in [-0.3, -0.25) is 4.79 Å². The van der Waals surface area contributed by atoms with Crippen LogP contribution in [0.1, 0.15) is 16.1 Å². The van der Waals surface area contributed by atoms with E-state index in [-0.39, 0.29) is 11.7 Å². The standard InChI is InChI=1S/C11H9BrN2O2/c1-7-2-5-10(13-6-7)14-11(15)8-3-4-9(12)16-8/h2-6H,1H3,(H,13,14,15). The minimum absolute atomic E-state index is 0.245. The van der Waals surface area contributed by atoms with Crippen LogP contribution < -0.4 is 5.32 Å². The molecule has 0 fully saturated rings. The number of halogens is 1. The van der Waals surface area contributed by atoms with Gasteiger partial charge >= 0.3 is 0 Å². The molecular formula is C11H9BrN2O2. The average molecular weight is 281 g/mol. The largest absolute Gasteiger partial charge is 0.444 e. The summed E-state index contributed by atoms with van der Waals surface area (Å²) in [4.78, 5) is 15.7. The molecule has 16 heavy (non-hydrogen) atoms. The normalized spacial score (nSPS) is 10.1. The fraction of sp³-hybridized carbons (Fsp3) is 0.0909. The Morgan fingerprint density at radius 3 is 2.75 bits per heavy atom. The van der Waals surface area contributed by atoms with Crippen molar-refractivity contribution in [3.8, 4) is 0 Å². The fourth-order valence-corrected chi connectivity index (χ4v) is 1.46. The number of hydrogen-bond acceptors (Lipinski definition) is 3. The van der Waals surface area contributed by atoms with Gasteiger partial charge in [-0.1, -0.05) is 6.07 Å². The zero-order valence-corrected chi connectivity index (χ0v) is 10.1. The second-order valence-corrected chi connectivity index (χ2v) is 4.06. The van der Waals surface area contributed by atoms with Crippen molar-refractivity contribution in [2.45, 2.75) is 6.92 Å². The predicted octanol–water partition coefficient (Wildman–Crippen LogP) is 3.00. The van der Waals surface area contributed by atoms with Crippen LogP contribution in [-0.4, -0.2) is 10.9 Å². The number of pyridine rings is 1. The van der Waals surface area contributed by atoms with Crippen LogP contribution in [0.5, 0.6) is 0 Å². The zero-order chi connectivity index (χ0) is 11.5. The first kappa shape index (κ1) is 10.9. The number of aromatic nitrogens is 1. The van der Waals surface area contributed by atoms with Gasteiger partial charge in [0.25, 0.3) is 5.91 Å². The van der Waals surface area contributed by atoms with Gasteiger partial charge in [0.15, 0.2) is 10.4 Å². The molecule has 0 saturated heterocycles. The van der Waals surface area contributed by atoms with Crippen LogP contribution in [-0.2, 0) is 0 Å². The van der Waals surface area contributed by atoms with E-state index >= 15 is 0 Å². The van der Waals surface area contributed by atoms with Crippen molar-refractivity contribution >= 4 is 27.7 Å². The number of carbonyl (C=O) groups excluding carboxylic acids is 1. The molecule has 0 radical (unpaired) electrons. The number of aryl methyl sites for hydroxylation is 1. The Kier molecular flexibility index (Phi) is 3.05. The quantitative estimate of drug-likeness (QED) is 0.920. The van der Waals surface area contributed by atoms with Crippen molar-refractivity contribution in [3.05, 3.63) is 46.5 Å². The molecule has 4 nitrogen and oxygen atoms in total. The van der Waals surface area contributed by atoms with Gasteiger partial charge in [-0.05, 0) is 46.6 Å². The van der Waals surface area contributed by atoms with Crippen molar-refractivity contribution in [2.24, 2.45) is 0 Å². The van der Waals surface area contributed by atoms with Crippen LogP contribution in [0.4, 0.5) is 5.82 Å². The molecule has 0 bridgehead atoms. The van der Waals surface area contributed by atoms with Gasteiger partial charge in [0.1, 0.15) is 5.82 Å². The van der Waals surface area contributed by atoms with E-state index in [9.17, 15) is 4.79 Å². The van der Waals surface area contributed by atoms with Crippen molar-refractivity contribution in [2.75, 3.05) is 5.32 Å². The number of carbonyl (C=O) groups is 1. The Morgan fingerprint density at radius 1 is 1.38 bits per heavy atom. The second kappa shape index (κ2) is 4.49. The van der Waals surface area contributed by atoms with Gasteiger partial charge in [0, 0.05) is 6.20 Å². The topological polar surface area (TPSA) is 55.1 Å². The van der Waals surface area contributed by atoms with Crippen molar-refractivity contribution in [3.63, 3.8) is 0 Å². The lowest BCUT2D eigenvalue weighted by Gasteiger charge is -2.01. The molecular weight excluding hydrogens is 272 g/mol. The summed E-state index contributed by atoms with van der Waals surface area (Å²) in [6.45, 7) is 1.93. The Bertz CT molecular complexity index is 505. The van der Waals surface area contributed by atoms with E-state index in [0.717, 1.165) is 5.56 Å². The lowest BCUT2D eigenvalue weighted by Crippen LogP contribution is -2.11. The van der Waals surface area contributed by atoms with Crippen LogP contribution in [0.2, 0.25) is 0 Å². The maximum atomic E-state index is 11.6. The van der Waals surface area contributed by atoms with E-state index < -0.39 is 0 Å². The maximum Gasteiger partial charge on any atom is 0.292 e. The molecule has 0 aliphatic heterocycles. The molecule has 2 rings (SSSR count). The minimum atomic E-state index is -0.318. The van der Waals surface area contributed by atoms with Crippen molar-refractivity contribution in [1.29, 1.82) is 0 Å². The van der Waals surface area contributed by atoms with E-state index in [4.69, 9.17) is 4.42 Å². The van der Waals surface area contributed by atoms with Crippen molar-refractivity contribution in [1.82, 2.24) is 4.98 Å². The van der Waals surface area contributed by atoms with Gasteiger partial charge in [0.05, 0.1) is 0 Å². The first-order valence-corrected chi connectivity index (χ1v) is 5.44. The SMILES string of the molecule is Cc1ccc(NC(=O)c2ccc(Br)o2)nc1. The molecule has 2 aromatic rings. The van der Waals surface area contributed by atoms with Gasteiger partial charge in [-0.2, -0.15) is 0 Å². The third kappa shape index (κ3) is 2.49. The van der Waals surface area contributed by atoms with Crippen LogP contribution in [0.25, 0.3) is 0 Å². The number of nitrogens with zero attached hydrogens (tertiary/aromatic N) is 1. The lowest BCUT2D eigenvalue weighted by molar-refractivity contribution is 0.0995. The van der Waals surface area contributed by atoms with Crippen LogP contribution in [0.15, 0.2) is 39.5 Å². The smallest absolute Gasteiger partial charge is 0.292 e. The van der Waals surface area contributed by atoms with E-state index in [2.05, 4.69) is 26.2 Å². The molecule has 5 heteroatoms. The maximum absolute atomic E-state index is 11.6. The summed E-state index contributed by atoms with van der Waals surface area (Å²) < 4.78 is 5.64. The molecule has 0 aliphatic carbocycles. The number of rotatable bonds is 2. The highest BCUT2D eigenvalue weighted by atomic mass is 79.9. The second-order valence-electron chi connectivity index (χ2n) is 3.28. The number of anilines is 1. The Labute approximate surface area is 101 Å². The van der Waals surface area contributed by atoms with Gasteiger partial charge in [-0.25, -0.2) is 4.98 Å². The number of hydrogen-bond donors (Lipinski definition) is 1. The first-order chi connectivity index (χ1) is 7.65. The summed E-state index contributed by atoms with van der Waals surface area (Å²) in [5.74, 6) is 0.430. The highest BCUT2D eigenvalue weighted by molar-refractivity contribution is 9.10. The molecule has 82 valence electrons. The van der Waals surface area contributed by atoms with E-state index in [1.54, 1.807) is 24.4 Å². The van der Waals surface area contributed by atoms with Crippen molar-refractivity contribution < 1.29 is 9.21 Å². The van der Waals surface area contributed by atoms with Crippen LogP contribution >= 0.6 is 15.9 Å². The minimum Gasteiger partial charge on any atom is -0.444 e. The number of amides is 1. The number of nitrogens with one attached hydrogen (secondary N) is 1. The van der Waals surface area contributed by atoms with Crippen LogP contribution in [0.3, 0.4) is 0 Å². The molecule has 2 aromatic heterocycles. The summed E-state index contributed by atoms with van der Waals surface area (Å²) >= 11 is 3.13. The molecule has 0 saturated carbocycles. The average Bonchev–Trinajstić information content (AvgIpc) is 2.68. The molecule has 0 atom stereocenters. The molecule has 0 aliphatic rings. The van der Waals surface area contributed by atoms with E-state index in [0.29, 0.717) is 10.5 Å². The summed E-state index contributed by atoms with van der Waals surface area (Å²) in [5, 5.41) is 2.63. The third-order valence-corrected chi connectivity index (χ3v) is 2.38. The van der Waals surface area contributed by atoms with Crippen LogP contribution in [0, 0.1) is 6.92 Å². The lowest BCUT2D eigenvalue weighted by atomic mass is 10.3. The van der Waals surface area contributed by atoms with E-state index in [1.165, 1.54) is 0 Å². The molecule has 0 unspecified atom stereocenters. The Morgan fingerprint density at radius 2 is 2.19 bits per heavy atom. The Balaban J connectivity index is 2.10. The Hall–Kier alpha value is -1.62. The van der Waals surface area contributed by atoms with Gasteiger partial charge < -0.3 is 9.73 Å². The molecule has 0 spiro atoms. The monoisotopic (exact) mass is 280 g/mol. The third-order valence-electron chi connectivity index (χ3n) is 1.95. The molecule has 2 heterocycles. The van der Waals surface area contributed by atoms with E-state index in [1.807, 2.05) is 13.0 Å². The molecule has 1 amide bonds. The summed E-state index contributed by atoms with van der Waals surface area (Å²) in [6.07, 6.45) is 1.69. The molecule has 1 N–H and O–H groups in total. The predicted molar refractivity (Wildman–Crippen MR) is 63.3 cm³/mol.